The minimum atomic E-state index is -1.10. The number of hydrogen-bond donors (Lipinski definition) is 10. The predicted molar refractivity (Wildman–Crippen MR) is 534 cm³/mol. The molecule has 10 N–H and O–H groups in total. The molecule has 1 saturated carbocycles. The Labute approximate surface area is 854 Å². The molecule has 41 nitrogen and oxygen atoms in total. The third-order valence-electron chi connectivity index (χ3n) is 18.5. The number of carboxylic acids is 10. The molecule has 0 bridgehead atoms. The lowest BCUT2D eigenvalue weighted by atomic mass is 9.79. The van der Waals surface area contributed by atoms with Gasteiger partial charge in [-0.1, -0.05) is 221 Å². The van der Waals surface area contributed by atoms with Gasteiger partial charge in [0.2, 0.25) is 0 Å². The van der Waals surface area contributed by atoms with E-state index in [0.717, 1.165) is 25.7 Å². The second-order valence-electron chi connectivity index (χ2n) is 41.7. The van der Waals surface area contributed by atoms with Gasteiger partial charge in [0, 0.05) is 25.7 Å². The van der Waals surface area contributed by atoms with Gasteiger partial charge in [0.05, 0.1) is 154 Å². The van der Waals surface area contributed by atoms with Crippen LogP contribution in [0.1, 0.15) is 363 Å². The van der Waals surface area contributed by atoms with Crippen LogP contribution in [0.5, 0.6) is 0 Å². The Morgan fingerprint density at radius 3 is 0.854 bits per heavy atom. The molecule has 0 aromatic heterocycles. The van der Waals surface area contributed by atoms with Crippen LogP contribution in [-0.2, 0) is 148 Å². The van der Waals surface area contributed by atoms with E-state index in [1.54, 1.807) is 55.4 Å². The Kier molecular flexibility index (Phi) is 93.5. The van der Waals surface area contributed by atoms with Gasteiger partial charge in [-0.3, -0.25) is 86.3 Å². The highest BCUT2D eigenvalue weighted by molar-refractivity contribution is 5.82. The van der Waals surface area contributed by atoms with Crippen LogP contribution >= 0.6 is 0 Å². The van der Waals surface area contributed by atoms with E-state index in [9.17, 15) is 95.9 Å². The number of carbonyl (C=O) groups is 20. The van der Waals surface area contributed by atoms with Gasteiger partial charge >= 0.3 is 119 Å². The molecule has 0 radical (unpaired) electrons. The molecule has 0 spiro atoms. The molecule has 4 atom stereocenters. The first-order valence-corrected chi connectivity index (χ1v) is 48.7. The summed E-state index contributed by atoms with van der Waals surface area (Å²) in [6.45, 7) is 59.1. The molecule has 0 aromatic carbocycles. The maximum atomic E-state index is 11.7. The lowest BCUT2D eigenvalue weighted by Crippen LogP contribution is -2.30. The number of hydrogen-bond acceptors (Lipinski definition) is 31. The van der Waals surface area contributed by atoms with E-state index in [4.69, 9.17) is 98.4 Å². The molecule has 0 aliphatic heterocycles. The molecule has 4 unspecified atom stereocenters. The van der Waals surface area contributed by atoms with Crippen molar-refractivity contribution >= 4 is 119 Å². The number of esters is 10. The molecule has 144 heavy (non-hydrogen) atoms. The fourth-order valence-corrected chi connectivity index (χ4v) is 10.6. The van der Waals surface area contributed by atoms with E-state index in [1.165, 1.54) is 6.92 Å². The molecule has 0 saturated heterocycles. The first-order chi connectivity index (χ1) is 65.4. The van der Waals surface area contributed by atoms with Crippen LogP contribution in [0.25, 0.3) is 0 Å². The monoisotopic (exact) mass is 2080 g/mol. The topological polar surface area (TPSA) is 645 Å². The fraction of sp³-hybridized carbons (Fsp3) is 0.806. The van der Waals surface area contributed by atoms with Crippen molar-refractivity contribution in [2.24, 2.45) is 98.1 Å². The average Bonchev–Trinajstić information content (AvgIpc) is 1.70. The summed E-state index contributed by atoms with van der Waals surface area (Å²) in [6.07, 6.45) is 5.96. The second-order valence-corrected chi connectivity index (χ2v) is 41.7. The van der Waals surface area contributed by atoms with Crippen molar-refractivity contribution in [2.45, 2.75) is 363 Å². The van der Waals surface area contributed by atoms with Crippen molar-refractivity contribution in [3.05, 3.63) is 0 Å². The maximum Gasteiger partial charge on any atom is 0.332 e. The molecule has 0 amide bonds. The van der Waals surface area contributed by atoms with Gasteiger partial charge in [-0.05, 0) is 126 Å². The molecular weight excluding hydrogens is 1890 g/mol. The van der Waals surface area contributed by atoms with Crippen molar-refractivity contribution in [1.82, 2.24) is 0 Å². The Bertz CT molecular complexity index is 3560. The van der Waals surface area contributed by atoms with Crippen LogP contribution in [0.15, 0.2) is 0 Å². The van der Waals surface area contributed by atoms with Gasteiger partial charge in [0.1, 0.15) is 13.2 Å². The minimum Gasteiger partial charge on any atom is -0.481 e. The Morgan fingerprint density at radius 1 is 0.271 bits per heavy atom. The third kappa shape index (κ3) is 117. The summed E-state index contributed by atoms with van der Waals surface area (Å²) < 4.78 is 53.7. The molecule has 1 rings (SSSR count). The van der Waals surface area contributed by atoms with Gasteiger partial charge in [-0.15, -0.1) is 0 Å². The summed E-state index contributed by atoms with van der Waals surface area (Å²) in [5.41, 5.74) is -2.94. The SMILES string of the molecule is C.CC(C)COC(=O)CC(C)(C)CC(=O)O.CC(C)COC(=O)CC(C)(C)CC(=O)O.CC(C)COC(=O)CC(C)C(=O)O.CC(C)COC(=O)CC(C)CC(=O)O.CC(C)COC(=O)CC1(CC(=O)O)CCCC1.CC(C)COC(=O)CCC(=O)O.CC(C)COC(=O)CCCC(=O)O.CC(C)COC(=O)COCC(=O)O.CCC(C)(CC(=O)O)CC(=O)OCC(C)C.CCC(C)(CC(=O)OCC(C)C)C(=O)O. The van der Waals surface area contributed by atoms with Crippen molar-refractivity contribution < 1.29 is 199 Å². The van der Waals surface area contributed by atoms with Gasteiger partial charge in [0.15, 0.2) is 0 Å². The van der Waals surface area contributed by atoms with Gasteiger partial charge in [0.25, 0.3) is 0 Å². The molecule has 844 valence electrons. The van der Waals surface area contributed by atoms with E-state index < -0.39 is 118 Å². The molecule has 41 heteroatoms. The molecule has 0 aromatic rings. The zero-order valence-corrected chi connectivity index (χ0v) is 91.3. The largest absolute Gasteiger partial charge is 0.481 e. The van der Waals surface area contributed by atoms with Crippen LogP contribution in [0.2, 0.25) is 0 Å². The highest BCUT2D eigenvalue weighted by Gasteiger charge is 2.39. The van der Waals surface area contributed by atoms with Crippen LogP contribution in [0.3, 0.4) is 0 Å². The molecule has 1 aliphatic carbocycles. The highest BCUT2D eigenvalue weighted by Crippen LogP contribution is 2.44. The average molecular weight is 2080 g/mol. The predicted octanol–water partition coefficient (Wildman–Crippen LogP) is 17.7. The highest BCUT2D eigenvalue weighted by atomic mass is 16.6. The summed E-state index contributed by atoms with van der Waals surface area (Å²) in [6, 6.07) is 0. The zero-order chi connectivity index (χ0) is 114. The standard InChI is InChI=1S/C13H22O4.C12H22O4.3C11H20O4.C10H18O4.2C9H16O4.C8H14O5.C8H14O4.CH4/c1-10(2)9-17-12(16)8-13(7-11(14)15)5-3-4-6-13;1-5-12(4,6-10(13)14)7-11(15)16-8-9(2)3;2*1-8(2)7-15-10(14)6-11(3,4)5-9(12)13;1-5-11(4,10(13)14)6-9(12)15-7-8(2)3;1-7(2)6-14-10(13)5-8(3)4-9(11)12;1-6(2)5-13-8(10)4-7(3)9(11)12;1-7(2)6-13-9(12)5-3-4-8(10)11;1-6(2)3-13-8(11)5-12-4-7(9)10;1-6(2)5-12-8(11)4-3-7(9)10;/h10H,3-9H2,1-2H3,(H,14,15);9H,5-8H2,1-4H3,(H,13,14);2*8H,5-7H2,1-4H3,(H,12,13);8H,5-7H2,1-4H3,(H,13,14);7-8H,4-6H2,1-3H3,(H,11,12);6-7H,4-5H2,1-3H3,(H,11,12);7H,3-6H2,1-2H3,(H,10,11);6H,3-5H2,1-2H3,(H,9,10);6H,3-5H2,1-2H3,(H,9,10);1H4. The number of aliphatic carboxylic acids is 10. The lowest BCUT2D eigenvalue weighted by molar-refractivity contribution is -0.158. The quantitative estimate of drug-likeness (QED) is 0.0200. The first kappa shape index (κ1) is 154. The van der Waals surface area contributed by atoms with Crippen LogP contribution < -0.4 is 0 Å². The van der Waals surface area contributed by atoms with Crippen LogP contribution in [-0.4, -0.2) is 250 Å². The molecule has 1 fully saturated rings. The van der Waals surface area contributed by atoms with E-state index in [0.29, 0.717) is 127 Å². The van der Waals surface area contributed by atoms with Crippen molar-refractivity contribution in [3.8, 4) is 0 Å². The zero-order valence-electron chi connectivity index (χ0n) is 91.3. The lowest BCUT2D eigenvalue weighted by Gasteiger charge is -2.25. The van der Waals surface area contributed by atoms with E-state index in [1.807, 2.05) is 145 Å². The van der Waals surface area contributed by atoms with E-state index in [2.05, 4.69) is 4.74 Å². The summed E-state index contributed by atoms with van der Waals surface area (Å²) in [7, 11) is 0. The second kappa shape index (κ2) is 87.7. The third-order valence-corrected chi connectivity index (χ3v) is 18.5. The van der Waals surface area contributed by atoms with Crippen LogP contribution in [0.4, 0.5) is 0 Å². The Morgan fingerprint density at radius 2 is 0.569 bits per heavy atom. The summed E-state index contributed by atoms with van der Waals surface area (Å²) in [5.74, 6) is -10.8. The van der Waals surface area contributed by atoms with Gasteiger partial charge in [-0.25, -0.2) is 9.59 Å². The van der Waals surface area contributed by atoms with Crippen molar-refractivity contribution in [3.63, 3.8) is 0 Å². The summed E-state index contributed by atoms with van der Waals surface area (Å²) in [4.78, 5) is 216. The molecular formula is C103H186O41. The Hall–Kier alpha value is -10.6. The smallest absolute Gasteiger partial charge is 0.332 e. The number of rotatable bonds is 59. The summed E-state index contributed by atoms with van der Waals surface area (Å²) in [5, 5.41) is 85.5. The normalized spacial score (nSPS) is 12.7. The van der Waals surface area contributed by atoms with E-state index >= 15 is 0 Å². The number of carbonyl (C=O) groups excluding carboxylic acids is 10. The van der Waals surface area contributed by atoms with Gasteiger partial charge in [-0.2, -0.15) is 0 Å². The number of carboxylic acid groups (broad SMARTS) is 10. The van der Waals surface area contributed by atoms with Crippen molar-refractivity contribution in [1.29, 1.82) is 0 Å². The fourth-order valence-electron chi connectivity index (χ4n) is 10.6. The first-order valence-electron chi connectivity index (χ1n) is 48.7. The van der Waals surface area contributed by atoms with Crippen molar-refractivity contribution in [2.75, 3.05) is 79.3 Å². The van der Waals surface area contributed by atoms with Gasteiger partial charge < -0.3 is 103 Å². The number of ether oxygens (including phenoxy) is 11. The Balaban J connectivity index is -0.000000173. The molecule has 1 aliphatic rings. The maximum absolute atomic E-state index is 11.7. The summed E-state index contributed by atoms with van der Waals surface area (Å²) >= 11 is 0. The minimum absolute atomic E-state index is 0. The van der Waals surface area contributed by atoms with Crippen LogP contribution in [0, 0.1) is 98.1 Å². The van der Waals surface area contributed by atoms with E-state index in [-0.39, 0.29) is 182 Å². The molecule has 0 heterocycles.